The number of hydrogen-bond donors (Lipinski definition) is 2. The molecule has 0 saturated carbocycles. The van der Waals surface area contributed by atoms with Crippen LogP contribution in [0.1, 0.15) is 66.6 Å². The second kappa shape index (κ2) is 14.4. The molecular formula is C30H43N5O. The number of carbonyl (C=O) groups excluding carboxylic acids is 1. The summed E-state index contributed by atoms with van der Waals surface area (Å²) >= 11 is 0. The molecule has 0 unspecified atom stereocenters. The lowest BCUT2D eigenvalue weighted by molar-refractivity contribution is 0.0730. The van der Waals surface area contributed by atoms with Crippen molar-refractivity contribution < 1.29 is 4.79 Å². The van der Waals surface area contributed by atoms with Crippen LogP contribution >= 0.6 is 0 Å². The Bertz CT molecular complexity index is 1040. The average molecular weight is 490 g/mol. The van der Waals surface area contributed by atoms with Crippen LogP contribution in [0.15, 0.2) is 59.4 Å². The van der Waals surface area contributed by atoms with E-state index in [1.807, 2.05) is 23.1 Å². The molecule has 0 spiro atoms. The molecule has 0 fully saturated rings. The number of hydrogen-bond acceptors (Lipinski definition) is 5. The minimum Gasteiger partial charge on any atom is -0.403 e. The molecule has 3 N–H and O–H groups in total. The van der Waals surface area contributed by atoms with Crippen LogP contribution in [0, 0.1) is 0 Å². The number of aliphatic imine (C=N–C) groups is 1. The fourth-order valence-electron chi connectivity index (χ4n) is 4.82. The van der Waals surface area contributed by atoms with Gasteiger partial charge in [0.1, 0.15) is 0 Å². The van der Waals surface area contributed by atoms with Crippen molar-refractivity contribution in [3.05, 3.63) is 76.6 Å². The molecule has 2 aliphatic heterocycles. The molecule has 2 aromatic carbocycles. The first-order valence-corrected chi connectivity index (χ1v) is 13.4. The van der Waals surface area contributed by atoms with Crippen molar-refractivity contribution in [1.82, 2.24) is 9.80 Å². The van der Waals surface area contributed by atoms with E-state index < -0.39 is 0 Å². The standard InChI is InChI=1S/C25H31N5O.C5H12/c1-27-17-23(16-26)28-22-8-7-20-10-14-30(25(31)24(20)15-22)12-4-11-29-13-9-19-5-2-3-6-21(19)18-29;1-3-5-4-2/h2-3,5-8,15-17,28H,4,9-14,18,26H2,1H3;3-5H2,1-2H3/b23-16+,27-17?;. The summed E-state index contributed by atoms with van der Waals surface area (Å²) in [5, 5.41) is 3.22. The maximum absolute atomic E-state index is 13.1. The van der Waals surface area contributed by atoms with Gasteiger partial charge in [0.25, 0.3) is 5.91 Å². The highest BCUT2D eigenvalue weighted by molar-refractivity contribution is 5.98. The molecule has 1 amide bonds. The highest BCUT2D eigenvalue weighted by atomic mass is 16.2. The van der Waals surface area contributed by atoms with Crippen LogP contribution in [0.3, 0.4) is 0 Å². The molecule has 0 aromatic heterocycles. The van der Waals surface area contributed by atoms with Gasteiger partial charge >= 0.3 is 0 Å². The van der Waals surface area contributed by atoms with E-state index in [2.05, 4.69) is 53.3 Å². The molecule has 6 nitrogen and oxygen atoms in total. The predicted molar refractivity (Wildman–Crippen MR) is 152 cm³/mol. The molecule has 2 heterocycles. The molecule has 0 radical (unpaired) electrons. The van der Waals surface area contributed by atoms with Gasteiger partial charge in [0.2, 0.25) is 0 Å². The molecular weight excluding hydrogens is 446 g/mol. The Kier molecular flexibility index (Phi) is 11.0. The smallest absolute Gasteiger partial charge is 0.254 e. The number of fused-ring (bicyclic) bond motifs is 2. The van der Waals surface area contributed by atoms with Crippen LogP contribution in [-0.4, -0.2) is 55.1 Å². The molecule has 194 valence electrons. The van der Waals surface area contributed by atoms with E-state index in [-0.39, 0.29) is 5.91 Å². The van der Waals surface area contributed by atoms with Gasteiger partial charge in [-0.05, 0) is 48.1 Å². The number of carbonyl (C=O) groups is 1. The molecule has 36 heavy (non-hydrogen) atoms. The van der Waals surface area contributed by atoms with Crippen LogP contribution in [-0.2, 0) is 19.4 Å². The van der Waals surface area contributed by atoms with E-state index in [1.165, 1.54) is 36.6 Å². The number of amides is 1. The van der Waals surface area contributed by atoms with Crippen LogP contribution < -0.4 is 11.1 Å². The van der Waals surface area contributed by atoms with Gasteiger partial charge in [0.05, 0.1) is 5.70 Å². The lowest BCUT2D eigenvalue weighted by Crippen LogP contribution is -2.40. The molecule has 0 aliphatic carbocycles. The number of nitrogens with one attached hydrogen (secondary N) is 1. The van der Waals surface area contributed by atoms with Gasteiger partial charge in [-0.2, -0.15) is 0 Å². The topological polar surface area (TPSA) is 74.0 Å². The molecule has 2 aromatic rings. The van der Waals surface area contributed by atoms with Gasteiger partial charge in [0.15, 0.2) is 0 Å². The summed E-state index contributed by atoms with van der Waals surface area (Å²) in [6.45, 7) is 9.14. The first-order chi connectivity index (χ1) is 17.6. The maximum atomic E-state index is 13.1. The normalized spacial score (nSPS) is 15.8. The Morgan fingerprint density at radius 1 is 1.00 bits per heavy atom. The van der Waals surface area contributed by atoms with Crippen LogP contribution in [0.5, 0.6) is 0 Å². The van der Waals surface area contributed by atoms with Gasteiger partial charge < -0.3 is 16.0 Å². The van der Waals surface area contributed by atoms with Gasteiger partial charge in [-0.15, -0.1) is 0 Å². The van der Waals surface area contributed by atoms with Crippen molar-refractivity contribution in [3.8, 4) is 0 Å². The monoisotopic (exact) mass is 489 g/mol. The second-order valence-corrected chi connectivity index (χ2v) is 9.55. The summed E-state index contributed by atoms with van der Waals surface area (Å²) in [6, 6.07) is 14.7. The Hall–Kier alpha value is -3.12. The molecule has 6 heteroatoms. The van der Waals surface area contributed by atoms with Gasteiger partial charge in [-0.25, -0.2) is 0 Å². The van der Waals surface area contributed by atoms with Crippen molar-refractivity contribution >= 4 is 17.8 Å². The summed E-state index contributed by atoms with van der Waals surface area (Å²) in [7, 11) is 1.70. The zero-order valence-electron chi connectivity index (χ0n) is 22.3. The highest BCUT2D eigenvalue weighted by Crippen LogP contribution is 2.24. The first-order valence-electron chi connectivity index (χ1n) is 13.4. The van der Waals surface area contributed by atoms with Crippen molar-refractivity contribution in [2.45, 2.75) is 58.9 Å². The second-order valence-electron chi connectivity index (χ2n) is 9.55. The largest absolute Gasteiger partial charge is 0.403 e. The number of rotatable bonds is 9. The Morgan fingerprint density at radius 2 is 1.75 bits per heavy atom. The van der Waals surface area contributed by atoms with Crippen LogP contribution in [0.4, 0.5) is 5.69 Å². The minimum atomic E-state index is 0.122. The van der Waals surface area contributed by atoms with E-state index >= 15 is 0 Å². The number of allylic oxidation sites excluding steroid dienone is 1. The average Bonchev–Trinajstić information content (AvgIpc) is 2.90. The summed E-state index contributed by atoms with van der Waals surface area (Å²) in [4.78, 5) is 21.6. The highest BCUT2D eigenvalue weighted by Gasteiger charge is 2.25. The van der Waals surface area contributed by atoms with E-state index in [0.29, 0.717) is 5.70 Å². The third-order valence-corrected chi connectivity index (χ3v) is 6.83. The lowest BCUT2D eigenvalue weighted by atomic mass is 9.98. The molecule has 4 rings (SSSR count). The quantitative estimate of drug-likeness (QED) is 0.472. The number of benzene rings is 2. The van der Waals surface area contributed by atoms with Crippen molar-refractivity contribution in [2.75, 3.05) is 38.5 Å². The summed E-state index contributed by atoms with van der Waals surface area (Å²) < 4.78 is 0. The Morgan fingerprint density at radius 3 is 2.44 bits per heavy atom. The number of nitrogens with two attached hydrogens (primary N) is 1. The summed E-state index contributed by atoms with van der Waals surface area (Å²) in [5.41, 5.74) is 12.0. The molecule has 0 bridgehead atoms. The third-order valence-electron chi connectivity index (χ3n) is 6.83. The fraction of sp³-hybridized carbons (Fsp3) is 0.467. The lowest BCUT2D eigenvalue weighted by Gasteiger charge is -2.31. The number of nitrogens with zero attached hydrogens (tertiary/aromatic N) is 3. The summed E-state index contributed by atoms with van der Waals surface area (Å²) in [5.74, 6) is 0.122. The molecule has 2 aliphatic rings. The fourth-order valence-corrected chi connectivity index (χ4v) is 4.82. The predicted octanol–water partition coefficient (Wildman–Crippen LogP) is 5.24. The SMILES string of the molecule is CCCCC.CN=C/C(=C\N)Nc1ccc2c(c1)C(=O)N(CCCN1CCc3ccccc3C1)CC2. The first kappa shape index (κ1) is 27.5. The van der Waals surface area contributed by atoms with Crippen LogP contribution in [0.2, 0.25) is 0 Å². The Balaban J connectivity index is 0.000000658. The zero-order valence-corrected chi connectivity index (χ0v) is 22.3. The van der Waals surface area contributed by atoms with E-state index in [1.54, 1.807) is 13.3 Å². The van der Waals surface area contributed by atoms with Crippen molar-refractivity contribution in [2.24, 2.45) is 10.7 Å². The third kappa shape index (κ3) is 7.69. The van der Waals surface area contributed by atoms with Gasteiger partial charge in [-0.1, -0.05) is 63.4 Å². The minimum absolute atomic E-state index is 0.122. The Labute approximate surface area is 217 Å². The summed E-state index contributed by atoms with van der Waals surface area (Å²) in [6.07, 6.45) is 10.2. The number of unbranched alkanes of at least 4 members (excludes halogenated alkanes) is 2. The van der Waals surface area contributed by atoms with Gasteiger partial charge in [0, 0.05) is 63.4 Å². The van der Waals surface area contributed by atoms with E-state index in [4.69, 9.17) is 5.73 Å². The molecule has 0 saturated heterocycles. The zero-order chi connectivity index (χ0) is 25.8. The van der Waals surface area contributed by atoms with Crippen LogP contribution in [0.25, 0.3) is 0 Å². The van der Waals surface area contributed by atoms with E-state index in [9.17, 15) is 4.79 Å². The maximum Gasteiger partial charge on any atom is 0.254 e. The van der Waals surface area contributed by atoms with E-state index in [0.717, 1.165) is 68.8 Å². The van der Waals surface area contributed by atoms with Crippen molar-refractivity contribution in [3.63, 3.8) is 0 Å². The number of anilines is 1. The van der Waals surface area contributed by atoms with Crippen molar-refractivity contribution in [1.29, 1.82) is 0 Å². The van der Waals surface area contributed by atoms with Gasteiger partial charge in [-0.3, -0.25) is 14.7 Å². The molecule has 0 atom stereocenters.